The van der Waals surface area contributed by atoms with E-state index in [1.165, 1.54) is 77.3 Å². The van der Waals surface area contributed by atoms with Crippen LogP contribution in [0.15, 0.2) is 0 Å². The van der Waals surface area contributed by atoms with Crippen molar-refractivity contribution in [3.05, 3.63) is 0 Å². The van der Waals surface area contributed by atoms with Gasteiger partial charge in [-0.2, -0.15) is 0 Å². The van der Waals surface area contributed by atoms with Crippen LogP contribution in [0.2, 0.25) is 0 Å². The molecule has 0 aromatic rings. The number of rotatable bonds is 13. The number of hydrogen-bond acceptors (Lipinski definition) is 1. The molecule has 110 valence electrons. The molecule has 0 amide bonds. The first-order valence-electron chi connectivity index (χ1n) is 8.54. The zero-order chi connectivity index (χ0) is 13.6. The largest absolute Gasteiger partial charge is 0.300 e. The van der Waals surface area contributed by atoms with Crippen LogP contribution in [-0.4, -0.2) is 24.0 Å². The van der Waals surface area contributed by atoms with Crippen molar-refractivity contribution >= 4 is 0 Å². The van der Waals surface area contributed by atoms with E-state index in [1.54, 1.807) is 0 Å². The van der Waals surface area contributed by atoms with Crippen molar-refractivity contribution < 1.29 is 0 Å². The van der Waals surface area contributed by atoms with E-state index in [0.29, 0.717) is 0 Å². The molecule has 0 N–H and O–H groups in total. The summed E-state index contributed by atoms with van der Waals surface area (Å²) in [6, 6.07) is 0.861. The molecule has 0 rings (SSSR count). The Bertz CT molecular complexity index is 148. The van der Waals surface area contributed by atoms with E-state index < -0.39 is 0 Å². The molecule has 0 radical (unpaired) electrons. The van der Waals surface area contributed by atoms with Crippen LogP contribution in [0, 0.1) is 0 Å². The van der Waals surface area contributed by atoms with Crippen molar-refractivity contribution in [2.75, 3.05) is 13.1 Å². The average Bonchev–Trinajstić information content (AvgIpc) is 2.38. The lowest BCUT2D eigenvalue weighted by Gasteiger charge is -2.32. The second-order valence-corrected chi connectivity index (χ2v) is 5.68. The van der Waals surface area contributed by atoms with Gasteiger partial charge in [-0.15, -0.1) is 0 Å². The standard InChI is InChI=1S/C17H37N/c1-5-9-12-14-17(13-8-4)18(15-10-6-2)16-11-7-3/h17H,5-16H2,1-4H3. The second kappa shape index (κ2) is 13.4. The summed E-state index contributed by atoms with van der Waals surface area (Å²) in [5, 5.41) is 0. The van der Waals surface area contributed by atoms with Crippen LogP contribution >= 0.6 is 0 Å². The molecule has 0 heterocycles. The molecule has 0 aliphatic carbocycles. The summed E-state index contributed by atoms with van der Waals surface area (Å²) in [5.74, 6) is 0. The van der Waals surface area contributed by atoms with Crippen molar-refractivity contribution in [1.82, 2.24) is 4.90 Å². The van der Waals surface area contributed by atoms with E-state index in [1.807, 2.05) is 0 Å². The van der Waals surface area contributed by atoms with E-state index in [0.717, 1.165) is 6.04 Å². The molecule has 0 aliphatic rings. The van der Waals surface area contributed by atoms with Crippen LogP contribution in [0.4, 0.5) is 0 Å². The first-order valence-corrected chi connectivity index (χ1v) is 8.54. The fourth-order valence-corrected chi connectivity index (χ4v) is 2.67. The van der Waals surface area contributed by atoms with Crippen molar-refractivity contribution in [2.24, 2.45) is 0 Å². The summed E-state index contributed by atoms with van der Waals surface area (Å²) < 4.78 is 0. The molecular weight excluding hydrogens is 218 g/mol. The number of unbranched alkanes of at least 4 members (excludes halogenated alkanes) is 4. The Morgan fingerprint density at radius 3 is 1.61 bits per heavy atom. The molecule has 0 bridgehead atoms. The first kappa shape index (κ1) is 18.0. The summed E-state index contributed by atoms with van der Waals surface area (Å²) in [6.07, 6.45) is 13.8. The van der Waals surface area contributed by atoms with Gasteiger partial charge < -0.3 is 4.90 Å². The lowest BCUT2D eigenvalue weighted by Crippen LogP contribution is -2.37. The molecule has 0 fully saturated rings. The maximum Gasteiger partial charge on any atom is 0.00951 e. The molecule has 0 spiro atoms. The van der Waals surface area contributed by atoms with Gasteiger partial charge in [-0.3, -0.25) is 0 Å². The quantitative estimate of drug-likeness (QED) is 0.385. The van der Waals surface area contributed by atoms with Gasteiger partial charge in [-0.1, -0.05) is 66.2 Å². The van der Waals surface area contributed by atoms with Gasteiger partial charge in [-0.05, 0) is 38.8 Å². The minimum Gasteiger partial charge on any atom is -0.300 e. The number of nitrogens with zero attached hydrogens (tertiary/aromatic N) is 1. The van der Waals surface area contributed by atoms with Crippen LogP contribution in [0.3, 0.4) is 0 Å². The molecule has 0 aliphatic heterocycles. The van der Waals surface area contributed by atoms with Crippen molar-refractivity contribution in [1.29, 1.82) is 0 Å². The topological polar surface area (TPSA) is 3.24 Å². The van der Waals surface area contributed by atoms with E-state index in [2.05, 4.69) is 32.6 Å². The Morgan fingerprint density at radius 1 is 0.611 bits per heavy atom. The van der Waals surface area contributed by atoms with Crippen molar-refractivity contribution in [2.45, 2.75) is 97.9 Å². The highest BCUT2D eigenvalue weighted by Crippen LogP contribution is 2.17. The Morgan fingerprint density at radius 2 is 1.17 bits per heavy atom. The van der Waals surface area contributed by atoms with Crippen LogP contribution in [0.1, 0.15) is 91.9 Å². The zero-order valence-electron chi connectivity index (χ0n) is 13.5. The monoisotopic (exact) mass is 255 g/mol. The molecule has 1 unspecified atom stereocenters. The van der Waals surface area contributed by atoms with Gasteiger partial charge in [0.15, 0.2) is 0 Å². The highest BCUT2D eigenvalue weighted by atomic mass is 15.1. The van der Waals surface area contributed by atoms with Crippen LogP contribution in [-0.2, 0) is 0 Å². The van der Waals surface area contributed by atoms with E-state index >= 15 is 0 Å². The fourth-order valence-electron chi connectivity index (χ4n) is 2.67. The fraction of sp³-hybridized carbons (Fsp3) is 1.00. The van der Waals surface area contributed by atoms with Gasteiger partial charge in [0.25, 0.3) is 0 Å². The lowest BCUT2D eigenvalue weighted by molar-refractivity contribution is 0.168. The maximum absolute atomic E-state index is 2.80. The molecule has 0 saturated carbocycles. The third-order valence-electron chi connectivity index (χ3n) is 3.88. The Balaban J connectivity index is 4.21. The Labute approximate surface area is 116 Å². The summed E-state index contributed by atoms with van der Waals surface area (Å²) in [7, 11) is 0. The van der Waals surface area contributed by atoms with Crippen molar-refractivity contribution in [3.8, 4) is 0 Å². The summed E-state index contributed by atoms with van der Waals surface area (Å²) in [6.45, 7) is 11.9. The maximum atomic E-state index is 2.80. The Hall–Kier alpha value is -0.0400. The summed E-state index contributed by atoms with van der Waals surface area (Å²) in [4.78, 5) is 2.80. The highest BCUT2D eigenvalue weighted by molar-refractivity contribution is 4.72. The predicted molar refractivity (Wildman–Crippen MR) is 84.2 cm³/mol. The van der Waals surface area contributed by atoms with E-state index in [4.69, 9.17) is 0 Å². The van der Waals surface area contributed by atoms with Gasteiger partial charge in [0.05, 0.1) is 0 Å². The minimum atomic E-state index is 0.861. The normalized spacial score (nSPS) is 13.2. The second-order valence-electron chi connectivity index (χ2n) is 5.68. The van der Waals surface area contributed by atoms with Crippen LogP contribution < -0.4 is 0 Å². The first-order chi connectivity index (χ1) is 8.79. The van der Waals surface area contributed by atoms with Gasteiger partial charge in [0.2, 0.25) is 0 Å². The highest BCUT2D eigenvalue weighted by Gasteiger charge is 2.16. The SMILES string of the molecule is CCCCCC(CCC)N(CCCC)CCCC. The van der Waals surface area contributed by atoms with Crippen LogP contribution in [0.5, 0.6) is 0 Å². The zero-order valence-corrected chi connectivity index (χ0v) is 13.5. The summed E-state index contributed by atoms with van der Waals surface area (Å²) >= 11 is 0. The third-order valence-corrected chi connectivity index (χ3v) is 3.88. The van der Waals surface area contributed by atoms with Gasteiger partial charge >= 0.3 is 0 Å². The third kappa shape index (κ3) is 8.97. The summed E-state index contributed by atoms with van der Waals surface area (Å²) in [5.41, 5.74) is 0. The molecule has 0 aromatic carbocycles. The molecule has 0 aromatic heterocycles. The molecule has 1 atom stereocenters. The van der Waals surface area contributed by atoms with E-state index in [9.17, 15) is 0 Å². The van der Waals surface area contributed by atoms with Gasteiger partial charge in [0.1, 0.15) is 0 Å². The molecule has 1 heteroatoms. The molecule has 0 saturated heterocycles. The van der Waals surface area contributed by atoms with Gasteiger partial charge in [-0.25, -0.2) is 0 Å². The van der Waals surface area contributed by atoms with Gasteiger partial charge in [0, 0.05) is 6.04 Å². The molecule has 1 nitrogen and oxygen atoms in total. The number of hydrogen-bond donors (Lipinski definition) is 0. The molecular formula is C17H37N. The lowest BCUT2D eigenvalue weighted by atomic mass is 10.0. The average molecular weight is 255 g/mol. The molecule has 18 heavy (non-hydrogen) atoms. The van der Waals surface area contributed by atoms with Crippen molar-refractivity contribution in [3.63, 3.8) is 0 Å². The minimum absolute atomic E-state index is 0.861. The Kier molecular flexibility index (Phi) is 13.4. The smallest absolute Gasteiger partial charge is 0.00951 e. The predicted octanol–water partition coefficient (Wildman–Crippen LogP) is 5.64. The van der Waals surface area contributed by atoms with E-state index in [-0.39, 0.29) is 0 Å². The van der Waals surface area contributed by atoms with Crippen LogP contribution in [0.25, 0.3) is 0 Å².